The summed E-state index contributed by atoms with van der Waals surface area (Å²) in [4.78, 5) is 14.0. The molecule has 0 bridgehead atoms. The number of rotatable bonds is 2. The summed E-state index contributed by atoms with van der Waals surface area (Å²) in [6.07, 6.45) is 2.85. The summed E-state index contributed by atoms with van der Waals surface area (Å²) in [5.41, 5.74) is 2.79. The van der Waals surface area contributed by atoms with Gasteiger partial charge in [-0.05, 0) is 63.8 Å². The lowest BCUT2D eigenvalue weighted by Crippen LogP contribution is -2.35. The summed E-state index contributed by atoms with van der Waals surface area (Å²) in [6, 6.07) is 6.58. The van der Waals surface area contributed by atoms with E-state index < -0.39 is 5.60 Å². The van der Waals surface area contributed by atoms with E-state index in [0.717, 1.165) is 43.9 Å². The molecule has 1 aromatic carbocycles. The van der Waals surface area contributed by atoms with Crippen LogP contribution in [-0.2, 0) is 15.9 Å². The Morgan fingerprint density at radius 3 is 2.91 bits per heavy atom. The van der Waals surface area contributed by atoms with Crippen LogP contribution in [0.2, 0.25) is 0 Å². The molecule has 1 aromatic rings. The summed E-state index contributed by atoms with van der Waals surface area (Å²) in [7, 11) is 0. The van der Waals surface area contributed by atoms with Gasteiger partial charge in [-0.1, -0.05) is 0 Å². The number of nitrogens with one attached hydrogen (secondary N) is 1. The molecule has 2 aliphatic rings. The normalized spacial score (nSPS) is 21.0. The van der Waals surface area contributed by atoms with Gasteiger partial charge in [-0.15, -0.1) is 0 Å². The molecule has 5 heteroatoms. The van der Waals surface area contributed by atoms with Crippen molar-refractivity contribution in [1.82, 2.24) is 0 Å². The zero-order valence-electron chi connectivity index (χ0n) is 14.2. The minimum Gasteiger partial charge on any atom is -0.443 e. The molecule has 2 aliphatic heterocycles. The smallest absolute Gasteiger partial charge is 0.414 e. The third kappa shape index (κ3) is 3.96. The third-order valence-corrected chi connectivity index (χ3v) is 4.12. The van der Waals surface area contributed by atoms with Crippen LogP contribution in [0.4, 0.5) is 16.2 Å². The summed E-state index contributed by atoms with van der Waals surface area (Å²) in [6.45, 7) is 7.98. The molecule has 0 spiro atoms. The number of fused-ring (bicyclic) bond motifs is 1. The molecule has 0 saturated carbocycles. The van der Waals surface area contributed by atoms with E-state index in [9.17, 15) is 4.79 Å². The monoisotopic (exact) mass is 318 g/mol. The number of carbonyl (C=O) groups excluding carboxylic acids is 1. The Balaban J connectivity index is 1.68. The average Bonchev–Trinajstić information content (AvgIpc) is 2.90. The maximum atomic E-state index is 12.3. The zero-order valence-corrected chi connectivity index (χ0v) is 14.2. The van der Waals surface area contributed by atoms with Gasteiger partial charge in [0.25, 0.3) is 0 Å². The first kappa shape index (κ1) is 16.1. The number of nitrogens with zero attached hydrogens (tertiary/aromatic N) is 1. The molecular formula is C18H26N2O3. The Kier molecular flexibility index (Phi) is 4.48. The van der Waals surface area contributed by atoms with Gasteiger partial charge in [0.2, 0.25) is 0 Å². The molecule has 1 unspecified atom stereocenters. The van der Waals surface area contributed by atoms with Crippen molar-refractivity contribution in [2.75, 3.05) is 30.0 Å². The van der Waals surface area contributed by atoms with Crippen LogP contribution in [0.3, 0.4) is 0 Å². The summed E-state index contributed by atoms with van der Waals surface area (Å²) >= 11 is 0. The Morgan fingerprint density at radius 2 is 2.22 bits per heavy atom. The minimum absolute atomic E-state index is 0.266. The van der Waals surface area contributed by atoms with E-state index >= 15 is 0 Å². The number of ether oxygens (including phenoxy) is 2. The number of anilines is 2. The van der Waals surface area contributed by atoms with Crippen molar-refractivity contribution in [2.24, 2.45) is 0 Å². The first-order chi connectivity index (χ1) is 10.9. The molecule has 2 heterocycles. The van der Waals surface area contributed by atoms with E-state index in [-0.39, 0.29) is 6.09 Å². The molecule has 1 amide bonds. The van der Waals surface area contributed by atoms with Gasteiger partial charge < -0.3 is 14.8 Å². The van der Waals surface area contributed by atoms with Crippen molar-refractivity contribution >= 4 is 17.5 Å². The quantitative estimate of drug-likeness (QED) is 0.905. The average molecular weight is 318 g/mol. The van der Waals surface area contributed by atoms with Gasteiger partial charge in [0.15, 0.2) is 0 Å². The van der Waals surface area contributed by atoms with Gasteiger partial charge in [-0.3, -0.25) is 4.90 Å². The Hall–Kier alpha value is -1.75. The maximum absolute atomic E-state index is 12.3. The molecule has 23 heavy (non-hydrogen) atoms. The van der Waals surface area contributed by atoms with Crippen molar-refractivity contribution in [3.63, 3.8) is 0 Å². The highest BCUT2D eigenvalue weighted by atomic mass is 16.6. The van der Waals surface area contributed by atoms with Gasteiger partial charge in [0, 0.05) is 24.9 Å². The van der Waals surface area contributed by atoms with Gasteiger partial charge in [-0.2, -0.15) is 0 Å². The highest BCUT2D eigenvalue weighted by molar-refractivity contribution is 5.91. The van der Waals surface area contributed by atoms with Gasteiger partial charge in [0.05, 0.1) is 12.3 Å². The Morgan fingerprint density at radius 1 is 1.39 bits per heavy atom. The fourth-order valence-corrected chi connectivity index (χ4v) is 3.09. The predicted molar refractivity (Wildman–Crippen MR) is 91.2 cm³/mol. The standard InChI is InChI=1S/C18H26N2O3/c1-18(2,3)23-17(21)20-9-8-13-11-14(6-7-16(13)20)19-15-5-4-10-22-12-15/h6-7,11,15,19H,4-5,8-10,12H2,1-3H3. The van der Waals surface area contributed by atoms with Crippen LogP contribution >= 0.6 is 0 Å². The van der Waals surface area contributed by atoms with Crippen LogP contribution in [-0.4, -0.2) is 37.5 Å². The fourth-order valence-electron chi connectivity index (χ4n) is 3.09. The van der Waals surface area contributed by atoms with E-state index in [2.05, 4.69) is 11.4 Å². The van der Waals surface area contributed by atoms with Gasteiger partial charge >= 0.3 is 6.09 Å². The molecule has 126 valence electrons. The van der Waals surface area contributed by atoms with E-state index in [1.165, 1.54) is 5.56 Å². The SMILES string of the molecule is CC(C)(C)OC(=O)N1CCc2cc(NC3CCCOC3)ccc21. The van der Waals surface area contributed by atoms with Crippen molar-refractivity contribution in [2.45, 2.75) is 51.7 Å². The van der Waals surface area contributed by atoms with E-state index in [0.29, 0.717) is 12.6 Å². The highest BCUT2D eigenvalue weighted by Gasteiger charge is 2.29. The van der Waals surface area contributed by atoms with Crippen molar-refractivity contribution in [3.8, 4) is 0 Å². The summed E-state index contributed by atoms with van der Waals surface area (Å²) in [5, 5.41) is 3.53. The first-order valence-corrected chi connectivity index (χ1v) is 8.40. The second-order valence-corrected chi connectivity index (χ2v) is 7.28. The van der Waals surface area contributed by atoms with E-state index in [1.54, 1.807) is 4.90 Å². The van der Waals surface area contributed by atoms with Crippen LogP contribution in [0.15, 0.2) is 18.2 Å². The number of hydrogen-bond donors (Lipinski definition) is 1. The Labute approximate surface area is 137 Å². The van der Waals surface area contributed by atoms with E-state index in [4.69, 9.17) is 9.47 Å². The molecule has 0 aliphatic carbocycles. The number of benzene rings is 1. The van der Waals surface area contributed by atoms with Crippen molar-refractivity contribution < 1.29 is 14.3 Å². The molecule has 1 N–H and O–H groups in total. The lowest BCUT2D eigenvalue weighted by molar-refractivity contribution is 0.0584. The van der Waals surface area contributed by atoms with Gasteiger partial charge in [-0.25, -0.2) is 4.79 Å². The lowest BCUT2D eigenvalue weighted by Gasteiger charge is -2.25. The summed E-state index contributed by atoms with van der Waals surface area (Å²) < 4.78 is 11.0. The highest BCUT2D eigenvalue weighted by Crippen LogP contribution is 2.32. The van der Waals surface area contributed by atoms with E-state index in [1.807, 2.05) is 32.9 Å². The minimum atomic E-state index is -0.470. The molecule has 3 rings (SSSR count). The first-order valence-electron chi connectivity index (χ1n) is 8.40. The maximum Gasteiger partial charge on any atom is 0.414 e. The molecule has 5 nitrogen and oxygen atoms in total. The molecular weight excluding hydrogens is 292 g/mol. The molecule has 1 fully saturated rings. The number of hydrogen-bond acceptors (Lipinski definition) is 4. The predicted octanol–water partition coefficient (Wildman–Crippen LogP) is 3.58. The molecule has 1 saturated heterocycles. The summed E-state index contributed by atoms with van der Waals surface area (Å²) in [5.74, 6) is 0. The second kappa shape index (κ2) is 6.40. The van der Waals surface area contributed by atoms with Crippen LogP contribution in [0.5, 0.6) is 0 Å². The van der Waals surface area contributed by atoms with Crippen molar-refractivity contribution in [1.29, 1.82) is 0 Å². The molecule has 0 radical (unpaired) electrons. The second-order valence-electron chi connectivity index (χ2n) is 7.28. The fraction of sp³-hybridized carbons (Fsp3) is 0.611. The Bertz CT molecular complexity index is 574. The van der Waals surface area contributed by atoms with Crippen LogP contribution in [0, 0.1) is 0 Å². The molecule has 1 atom stereocenters. The zero-order chi connectivity index (χ0) is 16.4. The van der Waals surface area contributed by atoms with Crippen LogP contribution in [0.1, 0.15) is 39.2 Å². The van der Waals surface area contributed by atoms with Crippen LogP contribution < -0.4 is 10.2 Å². The number of carbonyl (C=O) groups is 1. The number of amides is 1. The largest absolute Gasteiger partial charge is 0.443 e. The lowest BCUT2D eigenvalue weighted by atomic mass is 10.1. The molecule has 0 aromatic heterocycles. The van der Waals surface area contributed by atoms with Crippen LogP contribution in [0.25, 0.3) is 0 Å². The topological polar surface area (TPSA) is 50.8 Å². The third-order valence-electron chi connectivity index (χ3n) is 4.12. The van der Waals surface area contributed by atoms with Crippen molar-refractivity contribution in [3.05, 3.63) is 23.8 Å². The van der Waals surface area contributed by atoms with Gasteiger partial charge in [0.1, 0.15) is 5.60 Å².